The number of hydrogen-bond acceptors (Lipinski definition) is 6. The molecule has 7 unspecified atom stereocenters. The number of carbonyl (C=O) groups excluding carboxylic acids is 1. The summed E-state index contributed by atoms with van der Waals surface area (Å²) in [6.45, 7) is 6.50. The molecule has 0 spiro atoms. The highest BCUT2D eigenvalue weighted by atomic mass is 16.6. The number of aliphatic hydroxyl groups excluding tert-OH is 1. The molecule has 7 atom stereocenters. The summed E-state index contributed by atoms with van der Waals surface area (Å²) in [6, 6.07) is 9.43. The van der Waals surface area contributed by atoms with Crippen molar-refractivity contribution in [2.45, 2.75) is 81.9 Å². The van der Waals surface area contributed by atoms with E-state index in [9.17, 15) is 15.0 Å². The Morgan fingerprint density at radius 2 is 2.03 bits per heavy atom. The number of methoxy groups -OCH3 is 1. The third-order valence-corrected chi connectivity index (χ3v) is 7.70. The maximum absolute atomic E-state index is 13.2. The molecule has 3 fully saturated rings. The molecule has 2 saturated heterocycles. The minimum Gasteiger partial charge on any atom is -0.459 e. The van der Waals surface area contributed by atoms with E-state index in [0.717, 1.165) is 11.1 Å². The number of cyclic esters (lactones) is 1. The zero-order chi connectivity index (χ0) is 22.4. The highest BCUT2D eigenvalue weighted by Crippen LogP contribution is 2.55. The van der Waals surface area contributed by atoms with Gasteiger partial charge in [0.2, 0.25) is 0 Å². The van der Waals surface area contributed by atoms with Gasteiger partial charge < -0.3 is 19.7 Å². The lowest BCUT2D eigenvalue weighted by Gasteiger charge is -2.54. The van der Waals surface area contributed by atoms with E-state index in [0.29, 0.717) is 32.2 Å². The second kappa shape index (κ2) is 8.32. The van der Waals surface area contributed by atoms with Gasteiger partial charge in [0.25, 0.3) is 0 Å². The monoisotopic (exact) mass is 429 g/mol. The Balaban J connectivity index is 1.77. The van der Waals surface area contributed by atoms with Crippen molar-refractivity contribution in [3.63, 3.8) is 0 Å². The standard InChI is InChI=1S/C25H35NO5/c1-16(2)10-11-20-24(3)22-21(30-4)19(27)12-13-25(22,29)15-26(24)18(23(28)31-20)14-17-8-6-5-7-9-17/h5-10,18-22,27,29H,11-15H2,1-4H3. The molecule has 0 radical (unpaired) electrons. The van der Waals surface area contributed by atoms with Crippen molar-refractivity contribution in [2.75, 3.05) is 13.7 Å². The van der Waals surface area contributed by atoms with E-state index >= 15 is 0 Å². The van der Waals surface area contributed by atoms with Crippen molar-refractivity contribution in [3.05, 3.63) is 47.5 Å². The molecule has 6 heteroatoms. The quantitative estimate of drug-likeness (QED) is 0.553. The summed E-state index contributed by atoms with van der Waals surface area (Å²) in [4.78, 5) is 15.4. The van der Waals surface area contributed by atoms with E-state index in [2.05, 4.69) is 17.9 Å². The Kier molecular flexibility index (Phi) is 6.03. The van der Waals surface area contributed by atoms with Gasteiger partial charge in [-0.1, -0.05) is 42.0 Å². The number of rotatable bonds is 5. The maximum atomic E-state index is 13.2. The van der Waals surface area contributed by atoms with Crippen LogP contribution in [-0.4, -0.2) is 70.2 Å². The predicted octanol–water partition coefficient (Wildman–Crippen LogP) is 2.47. The Bertz CT molecular complexity index is 838. The molecule has 0 bridgehead atoms. The van der Waals surface area contributed by atoms with Crippen LogP contribution in [0.25, 0.3) is 0 Å². The number of ether oxygens (including phenoxy) is 2. The predicted molar refractivity (Wildman–Crippen MR) is 117 cm³/mol. The molecule has 1 saturated carbocycles. The van der Waals surface area contributed by atoms with Gasteiger partial charge in [-0.3, -0.25) is 9.69 Å². The van der Waals surface area contributed by atoms with E-state index in [1.54, 1.807) is 7.11 Å². The molecule has 0 amide bonds. The lowest BCUT2D eigenvalue weighted by molar-refractivity contribution is -0.202. The average molecular weight is 430 g/mol. The molecule has 1 aromatic carbocycles. The van der Waals surface area contributed by atoms with Gasteiger partial charge in [-0.25, -0.2) is 0 Å². The number of esters is 1. The number of aliphatic hydroxyl groups is 2. The van der Waals surface area contributed by atoms with Gasteiger partial charge in [-0.2, -0.15) is 0 Å². The van der Waals surface area contributed by atoms with Crippen molar-refractivity contribution in [1.82, 2.24) is 4.90 Å². The summed E-state index contributed by atoms with van der Waals surface area (Å²) >= 11 is 0. The third-order valence-electron chi connectivity index (χ3n) is 7.70. The molecule has 6 nitrogen and oxygen atoms in total. The van der Waals surface area contributed by atoms with Gasteiger partial charge >= 0.3 is 5.97 Å². The van der Waals surface area contributed by atoms with Crippen molar-refractivity contribution in [3.8, 4) is 0 Å². The number of nitrogens with zero attached hydrogens (tertiary/aromatic N) is 1. The molecular formula is C25H35NO5. The van der Waals surface area contributed by atoms with E-state index in [-0.39, 0.29) is 11.9 Å². The van der Waals surface area contributed by atoms with E-state index in [4.69, 9.17) is 9.47 Å². The lowest BCUT2D eigenvalue weighted by Crippen LogP contribution is -2.69. The maximum Gasteiger partial charge on any atom is 0.324 e. The highest BCUT2D eigenvalue weighted by molar-refractivity contribution is 5.78. The van der Waals surface area contributed by atoms with Crippen LogP contribution in [0, 0.1) is 5.92 Å². The number of carbonyl (C=O) groups is 1. The fourth-order valence-corrected chi connectivity index (χ4v) is 6.19. The molecule has 1 aliphatic carbocycles. The number of benzene rings is 1. The van der Waals surface area contributed by atoms with Crippen LogP contribution in [-0.2, 0) is 20.7 Å². The number of β-amino-alcohol motifs (C(OH)–C–C–N with tert-alkyl or cyclic N) is 1. The van der Waals surface area contributed by atoms with Crippen LogP contribution < -0.4 is 0 Å². The van der Waals surface area contributed by atoms with E-state index in [1.807, 2.05) is 44.2 Å². The Morgan fingerprint density at radius 1 is 1.32 bits per heavy atom. The van der Waals surface area contributed by atoms with Crippen LogP contribution in [0.5, 0.6) is 0 Å². The number of morpholine rings is 1. The van der Waals surface area contributed by atoms with Crippen molar-refractivity contribution in [1.29, 1.82) is 0 Å². The molecule has 31 heavy (non-hydrogen) atoms. The van der Waals surface area contributed by atoms with Crippen LogP contribution >= 0.6 is 0 Å². The molecule has 1 aromatic rings. The first kappa shape index (κ1) is 22.5. The van der Waals surface area contributed by atoms with Crippen LogP contribution in [0.1, 0.15) is 45.6 Å². The fraction of sp³-hybridized carbons (Fsp3) is 0.640. The van der Waals surface area contributed by atoms with Crippen LogP contribution in [0.2, 0.25) is 0 Å². The normalized spacial score (nSPS) is 40.1. The fourth-order valence-electron chi connectivity index (χ4n) is 6.19. The first-order valence-corrected chi connectivity index (χ1v) is 11.3. The number of hydrogen-bond donors (Lipinski definition) is 2. The molecule has 2 aliphatic heterocycles. The molecule has 4 rings (SSSR count). The minimum absolute atomic E-state index is 0.245. The Morgan fingerprint density at radius 3 is 2.68 bits per heavy atom. The van der Waals surface area contributed by atoms with Gasteiger partial charge in [-0.15, -0.1) is 0 Å². The first-order valence-electron chi connectivity index (χ1n) is 11.3. The molecule has 170 valence electrons. The van der Waals surface area contributed by atoms with Crippen LogP contribution in [0.15, 0.2) is 42.0 Å². The zero-order valence-electron chi connectivity index (χ0n) is 19.0. The lowest BCUT2D eigenvalue weighted by atomic mass is 9.64. The smallest absolute Gasteiger partial charge is 0.324 e. The summed E-state index contributed by atoms with van der Waals surface area (Å²) in [5.74, 6) is -0.610. The first-order chi connectivity index (χ1) is 14.7. The molecular weight excluding hydrogens is 394 g/mol. The largest absolute Gasteiger partial charge is 0.459 e. The Labute approximate surface area is 184 Å². The Hall–Kier alpha value is -1.73. The highest BCUT2D eigenvalue weighted by Gasteiger charge is 2.70. The van der Waals surface area contributed by atoms with Gasteiger partial charge in [-0.05, 0) is 45.6 Å². The number of fused-ring (bicyclic) bond motifs is 3. The second-order valence-electron chi connectivity index (χ2n) is 9.89. The second-order valence-corrected chi connectivity index (χ2v) is 9.89. The molecule has 2 N–H and O–H groups in total. The van der Waals surface area contributed by atoms with Crippen molar-refractivity contribution >= 4 is 5.97 Å². The SMILES string of the molecule is COC1C(O)CCC2(O)CN3C(Cc4ccccc4)C(=O)OC(CC=C(C)C)C3(C)C12. The summed E-state index contributed by atoms with van der Waals surface area (Å²) in [5.41, 5.74) is 0.509. The molecule has 2 heterocycles. The topological polar surface area (TPSA) is 79.2 Å². The van der Waals surface area contributed by atoms with Crippen LogP contribution in [0.3, 0.4) is 0 Å². The summed E-state index contributed by atoms with van der Waals surface area (Å²) in [7, 11) is 1.59. The number of allylic oxidation sites excluding steroid dienone is 1. The van der Waals surface area contributed by atoms with Gasteiger partial charge in [0.05, 0.1) is 23.3 Å². The summed E-state index contributed by atoms with van der Waals surface area (Å²) in [6.07, 6.45) is 2.53. The van der Waals surface area contributed by atoms with Crippen molar-refractivity contribution in [2.24, 2.45) is 5.92 Å². The average Bonchev–Trinajstić information content (AvgIpc) is 2.99. The van der Waals surface area contributed by atoms with Gasteiger partial charge in [0, 0.05) is 26.0 Å². The van der Waals surface area contributed by atoms with Gasteiger partial charge in [0.1, 0.15) is 12.1 Å². The van der Waals surface area contributed by atoms with E-state index in [1.165, 1.54) is 0 Å². The van der Waals surface area contributed by atoms with E-state index < -0.39 is 35.5 Å². The van der Waals surface area contributed by atoms with Gasteiger partial charge in [0.15, 0.2) is 0 Å². The third kappa shape index (κ3) is 3.74. The summed E-state index contributed by atoms with van der Waals surface area (Å²) in [5, 5.41) is 22.5. The minimum atomic E-state index is -1.04. The van der Waals surface area contributed by atoms with Crippen molar-refractivity contribution < 1.29 is 24.5 Å². The summed E-state index contributed by atoms with van der Waals surface area (Å²) < 4.78 is 11.8. The molecule has 3 aliphatic rings. The molecule has 0 aromatic heterocycles. The zero-order valence-corrected chi connectivity index (χ0v) is 19.0. The van der Waals surface area contributed by atoms with Crippen LogP contribution in [0.4, 0.5) is 0 Å².